The Hall–Kier alpha value is -3.00. The van der Waals surface area contributed by atoms with Crippen molar-refractivity contribution < 1.29 is 0 Å². The highest BCUT2D eigenvalue weighted by atomic mass is 35.5. The van der Waals surface area contributed by atoms with E-state index in [1.807, 2.05) is 13.0 Å². The van der Waals surface area contributed by atoms with Gasteiger partial charge >= 0.3 is 0 Å². The van der Waals surface area contributed by atoms with Crippen LogP contribution in [0.3, 0.4) is 0 Å². The third-order valence-electron chi connectivity index (χ3n) is 4.68. The molecule has 4 rings (SSSR count). The summed E-state index contributed by atoms with van der Waals surface area (Å²) in [5.74, 6) is 1.57. The van der Waals surface area contributed by atoms with E-state index in [-0.39, 0.29) is 10.7 Å². The number of aryl methyl sites for hydroxylation is 1. The van der Waals surface area contributed by atoms with Gasteiger partial charge in [0.15, 0.2) is 0 Å². The average molecular weight is 398 g/mol. The van der Waals surface area contributed by atoms with Gasteiger partial charge in [0.1, 0.15) is 16.8 Å². The van der Waals surface area contributed by atoms with Crippen molar-refractivity contribution in [3.8, 4) is 5.69 Å². The van der Waals surface area contributed by atoms with E-state index < -0.39 is 0 Å². The first-order valence-electron chi connectivity index (χ1n) is 9.11. The van der Waals surface area contributed by atoms with Crippen LogP contribution in [-0.4, -0.2) is 36.8 Å². The predicted molar refractivity (Wildman–Crippen MR) is 108 cm³/mol. The summed E-state index contributed by atoms with van der Waals surface area (Å²) < 4.78 is 1.23. The molecule has 1 fully saturated rings. The zero-order valence-electron chi connectivity index (χ0n) is 15.3. The van der Waals surface area contributed by atoms with Gasteiger partial charge in [0, 0.05) is 18.2 Å². The summed E-state index contributed by atoms with van der Waals surface area (Å²) in [5.41, 5.74) is 1.22. The standard InChI is InChI=1S/C19H20ClN7O/c1-12-9-22-18(11-21-12)25-14-3-2-13(8-14)24-17-6-4-15(10-23-17)27-19(28)7-5-16(20)26-27/h4-7,9-11,13-14H,2-3,8H2,1H3,(H,22,25)(H,23,24)/t13-,14-/m0/s1. The molecule has 9 heteroatoms. The number of hydrogen-bond donors (Lipinski definition) is 2. The summed E-state index contributed by atoms with van der Waals surface area (Å²) in [6.45, 7) is 1.92. The summed E-state index contributed by atoms with van der Waals surface area (Å²) >= 11 is 5.87. The molecule has 0 saturated heterocycles. The summed E-state index contributed by atoms with van der Waals surface area (Å²) in [6.07, 6.45) is 8.19. The van der Waals surface area contributed by atoms with Crippen LogP contribution >= 0.6 is 11.6 Å². The van der Waals surface area contributed by atoms with Crippen LogP contribution in [0.2, 0.25) is 5.15 Å². The molecule has 0 aromatic carbocycles. The topological polar surface area (TPSA) is 97.6 Å². The maximum atomic E-state index is 11.9. The van der Waals surface area contributed by atoms with Crippen molar-refractivity contribution >= 4 is 23.2 Å². The molecule has 0 amide bonds. The van der Waals surface area contributed by atoms with Crippen LogP contribution in [0, 0.1) is 6.92 Å². The molecule has 0 aliphatic heterocycles. The van der Waals surface area contributed by atoms with Crippen LogP contribution < -0.4 is 16.2 Å². The highest BCUT2D eigenvalue weighted by molar-refractivity contribution is 6.29. The number of rotatable bonds is 5. The first-order chi connectivity index (χ1) is 13.6. The molecule has 0 spiro atoms. The number of nitrogens with one attached hydrogen (secondary N) is 2. The van der Waals surface area contributed by atoms with Crippen LogP contribution in [0.15, 0.2) is 47.7 Å². The Kier molecular flexibility index (Phi) is 5.21. The Morgan fingerprint density at radius 2 is 1.71 bits per heavy atom. The van der Waals surface area contributed by atoms with Gasteiger partial charge in [-0.2, -0.15) is 9.78 Å². The first kappa shape index (κ1) is 18.4. The molecular formula is C19H20ClN7O. The monoisotopic (exact) mass is 397 g/mol. The summed E-state index contributed by atoms with van der Waals surface area (Å²) in [7, 11) is 0. The molecule has 0 unspecified atom stereocenters. The Bertz CT molecular complexity index is 1000. The van der Waals surface area contributed by atoms with Crippen molar-refractivity contribution in [3.63, 3.8) is 0 Å². The van der Waals surface area contributed by atoms with E-state index >= 15 is 0 Å². The van der Waals surface area contributed by atoms with Crippen molar-refractivity contribution in [2.24, 2.45) is 0 Å². The molecule has 1 saturated carbocycles. The van der Waals surface area contributed by atoms with Gasteiger partial charge in [-0.3, -0.25) is 9.78 Å². The average Bonchev–Trinajstić information content (AvgIpc) is 3.13. The van der Waals surface area contributed by atoms with E-state index in [2.05, 4.69) is 30.7 Å². The number of hydrogen-bond acceptors (Lipinski definition) is 7. The SMILES string of the molecule is Cc1cnc(N[C@H]2CC[C@H](Nc3ccc(-n4nc(Cl)ccc4=O)cn3)C2)cn1. The van der Waals surface area contributed by atoms with Gasteiger partial charge in [-0.25, -0.2) is 9.97 Å². The highest BCUT2D eigenvalue weighted by Crippen LogP contribution is 2.25. The predicted octanol–water partition coefficient (Wildman–Crippen LogP) is 2.82. The van der Waals surface area contributed by atoms with Gasteiger partial charge in [0.05, 0.1) is 30.0 Å². The highest BCUT2D eigenvalue weighted by Gasteiger charge is 2.25. The van der Waals surface area contributed by atoms with Crippen molar-refractivity contribution in [3.05, 3.63) is 64.1 Å². The van der Waals surface area contributed by atoms with Gasteiger partial charge in [0.2, 0.25) is 0 Å². The molecule has 3 aromatic rings. The largest absolute Gasteiger partial charge is 0.367 e. The maximum Gasteiger partial charge on any atom is 0.271 e. The molecule has 2 N–H and O–H groups in total. The third kappa shape index (κ3) is 4.28. The Morgan fingerprint density at radius 1 is 0.964 bits per heavy atom. The number of nitrogens with zero attached hydrogens (tertiary/aromatic N) is 5. The normalized spacial score (nSPS) is 18.8. The molecule has 1 aliphatic carbocycles. The molecule has 144 valence electrons. The van der Waals surface area contributed by atoms with E-state index in [1.165, 1.54) is 16.8 Å². The molecule has 8 nitrogen and oxygen atoms in total. The van der Waals surface area contributed by atoms with Gasteiger partial charge in [-0.05, 0) is 44.4 Å². The molecule has 28 heavy (non-hydrogen) atoms. The van der Waals surface area contributed by atoms with Crippen LogP contribution in [-0.2, 0) is 0 Å². The van der Waals surface area contributed by atoms with Crippen LogP contribution in [0.25, 0.3) is 5.69 Å². The smallest absolute Gasteiger partial charge is 0.271 e. The van der Waals surface area contributed by atoms with Crippen LogP contribution in [0.4, 0.5) is 11.6 Å². The fourth-order valence-corrected chi connectivity index (χ4v) is 3.44. The van der Waals surface area contributed by atoms with Crippen molar-refractivity contribution in [2.45, 2.75) is 38.3 Å². The lowest BCUT2D eigenvalue weighted by Gasteiger charge is -2.15. The summed E-state index contributed by atoms with van der Waals surface area (Å²) in [6, 6.07) is 7.16. The fraction of sp³-hybridized carbons (Fsp3) is 0.316. The molecule has 3 aromatic heterocycles. The number of pyridine rings is 1. The Labute approximate surface area is 167 Å². The molecule has 0 bridgehead atoms. The molecule has 3 heterocycles. The zero-order valence-corrected chi connectivity index (χ0v) is 16.1. The lowest BCUT2D eigenvalue weighted by molar-refractivity contribution is 0.719. The van der Waals surface area contributed by atoms with E-state index in [0.717, 1.165) is 36.6 Å². The first-order valence-corrected chi connectivity index (χ1v) is 9.49. The van der Waals surface area contributed by atoms with E-state index in [4.69, 9.17) is 11.6 Å². The molecular weight excluding hydrogens is 378 g/mol. The number of aromatic nitrogens is 5. The molecule has 0 radical (unpaired) electrons. The minimum absolute atomic E-state index is 0.254. The summed E-state index contributed by atoms with van der Waals surface area (Å²) in [5, 5.41) is 11.2. The van der Waals surface area contributed by atoms with E-state index in [9.17, 15) is 4.79 Å². The second kappa shape index (κ2) is 7.93. The van der Waals surface area contributed by atoms with Gasteiger partial charge < -0.3 is 10.6 Å². The Balaban J connectivity index is 1.36. The second-order valence-corrected chi connectivity index (χ2v) is 7.23. The van der Waals surface area contributed by atoms with E-state index in [0.29, 0.717) is 17.8 Å². The third-order valence-corrected chi connectivity index (χ3v) is 4.88. The van der Waals surface area contributed by atoms with Gasteiger partial charge in [0.25, 0.3) is 5.56 Å². The van der Waals surface area contributed by atoms with Crippen LogP contribution in [0.5, 0.6) is 0 Å². The van der Waals surface area contributed by atoms with Crippen LogP contribution in [0.1, 0.15) is 25.0 Å². The number of anilines is 2. The molecule has 1 aliphatic rings. The second-order valence-electron chi connectivity index (χ2n) is 6.85. The van der Waals surface area contributed by atoms with Crippen molar-refractivity contribution in [1.29, 1.82) is 0 Å². The van der Waals surface area contributed by atoms with Crippen molar-refractivity contribution in [2.75, 3.05) is 10.6 Å². The quantitative estimate of drug-likeness (QED) is 0.683. The molecule has 2 atom stereocenters. The maximum absolute atomic E-state index is 11.9. The summed E-state index contributed by atoms with van der Waals surface area (Å²) in [4.78, 5) is 25.0. The lowest BCUT2D eigenvalue weighted by atomic mass is 10.2. The lowest BCUT2D eigenvalue weighted by Crippen LogP contribution is -2.22. The van der Waals surface area contributed by atoms with Gasteiger partial charge in [-0.15, -0.1) is 0 Å². The van der Waals surface area contributed by atoms with Crippen molar-refractivity contribution in [1.82, 2.24) is 24.7 Å². The number of halogens is 1. The minimum atomic E-state index is -0.254. The van der Waals surface area contributed by atoms with Gasteiger partial charge in [-0.1, -0.05) is 11.6 Å². The Morgan fingerprint density at radius 3 is 2.39 bits per heavy atom. The fourth-order valence-electron chi connectivity index (χ4n) is 3.30. The zero-order chi connectivity index (χ0) is 19.5. The minimum Gasteiger partial charge on any atom is -0.367 e. The van der Waals surface area contributed by atoms with E-state index in [1.54, 1.807) is 24.7 Å².